The molecule has 3 rings (SSSR count). The Kier molecular flexibility index (Phi) is 5.85. The third-order valence-electron chi connectivity index (χ3n) is 3.65. The maximum Gasteiger partial charge on any atom is 0.422 e. The number of aromatic nitrogens is 1. The zero-order valence-corrected chi connectivity index (χ0v) is 15.8. The molecule has 1 heterocycles. The van der Waals surface area contributed by atoms with Crippen molar-refractivity contribution in [3.05, 3.63) is 69.8 Å². The highest BCUT2D eigenvalue weighted by Crippen LogP contribution is 2.39. The van der Waals surface area contributed by atoms with E-state index in [9.17, 15) is 13.2 Å². The van der Waals surface area contributed by atoms with Crippen molar-refractivity contribution in [1.29, 1.82) is 5.41 Å². The molecular weight excluding hydrogens is 437 g/mol. The van der Waals surface area contributed by atoms with Crippen LogP contribution in [0.2, 0.25) is 0 Å². The number of nitrogens with zero attached hydrogens (tertiary/aromatic N) is 1. The quantitative estimate of drug-likeness (QED) is 0.420. The van der Waals surface area contributed by atoms with E-state index in [1.54, 1.807) is 36.4 Å². The number of ether oxygens (including phenoxy) is 1. The fourth-order valence-electron chi connectivity index (χ4n) is 2.41. The third-order valence-corrected chi connectivity index (χ3v) is 4.14. The number of benzene rings is 2. The van der Waals surface area contributed by atoms with Gasteiger partial charge in [0.25, 0.3) is 0 Å². The topological polar surface area (TPSA) is 59.1 Å². The van der Waals surface area contributed by atoms with Crippen LogP contribution in [0.1, 0.15) is 16.8 Å². The summed E-state index contributed by atoms with van der Waals surface area (Å²) >= 11 is 3.29. The minimum absolute atomic E-state index is 0.178. The molecule has 3 aromatic rings. The number of hydrogen-bond acceptors (Lipinski definition) is 4. The molecule has 1 N–H and O–H groups in total. The van der Waals surface area contributed by atoms with Gasteiger partial charge in [-0.25, -0.2) is 0 Å². The summed E-state index contributed by atoms with van der Waals surface area (Å²) in [6, 6.07) is 13.0. The van der Waals surface area contributed by atoms with E-state index in [-0.39, 0.29) is 17.9 Å². The molecule has 0 aliphatic heterocycles. The Hall–Kier alpha value is -3.05. The predicted molar refractivity (Wildman–Crippen MR) is 101 cm³/mol. The smallest absolute Gasteiger partial charge is 0.422 e. The van der Waals surface area contributed by atoms with E-state index in [1.165, 1.54) is 12.1 Å². The average molecular weight is 449 g/mol. The molecule has 0 aliphatic carbocycles. The number of alkyl halides is 3. The number of nitrogens with one attached hydrogen (secondary N) is 1. The Morgan fingerprint density at radius 3 is 2.61 bits per heavy atom. The van der Waals surface area contributed by atoms with Crippen LogP contribution in [0.3, 0.4) is 0 Å². The minimum atomic E-state index is -4.67. The maximum atomic E-state index is 13.5. The molecule has 2 aromatic carbocycles. The van der Waals surface area contributed by atoms with E-state index >= 15 is 0 Å². The summed E-state index contributed by atoms with van der Waals surface area (Å²) in [6.07, 6.45) is -3.56. The van der Waals surface area contributed by atoms with Crippen LogP contribution < -0.4 is 4.74 Å². The van der Waals surface area contributed by atoms with Crippen LogP contribution in [0.5, 0.6) is 5.75 Å². The summed E-state index contributed by atoms with van der Waals surface area (Å²) in [6.45, 7) is -0.178. The number of halogens is 4. The summed E-state index contributed by atoms with van der Waals surface area (Å²) in [4.78, 5) is 0. The second-order valence-corrected chi connectivity index (χ2v) is 6.43. The summed E-state index contributed by atoms with van der Waals surface area (Å²) in [5.74, 6) is 4.89. The average Bonchev–Trinajstić information content (AvgIpc) is 3.10. The van der Waals surface area contributed by atoms with Crippen molar-refractivity contribution >= 4 is 22.1 Å². The van der Waals surface area contributed by atoms with Gasteiger partial charge in [-0.05, 0) is 24.1 Å². The lowest BCUT2D eigenvalue weighted by molar-refractivity contribution is -0.137. The zero-order valence-electron chi connectivity index (χ0n) is 14.2. The molecule has 0 amide bonds. The van der Waals surface area contributed by atoms with Gasteiger partial charge in [0, 0.05) is 21.8 Å². The number of rotatable bonds is 4. The molecule has 4 nitrogen and oxygen atoms in total. The van der Waals surface area contributed by atoms with Gasteiger partial charge in [0.15, 0.2) is 11.5 Å². The van der Waals surface area contributed by atoms with E-state index < -0.39 is 17.4 Å². The van der Waals surface area contributed by atoms with Crippen LogP contribution in [0, 0.1) is 17.3 Å². The fraction of sp³-hybridized carbons (Fsp3) is 0.100. The molecule has 0 aliphatic rings. The molecule has 142 valence electrons. The first-order valence-corrected chi connectivity index (χ1v) is 8.73. The van der Waals surface area contributed by atoms with Gasteiger partial charge >= 0.3 is 6.18 Å². The molecule has 0 radical (unpaired) electrons. The van der Waals surface area contributed by atoms with Crippen LogP contribution in [0.15, 0.2) is 57.5 Å². The van der Waals surface area contributed by atoms with Crippen LogP contribution in [-0.2, 0) is 6.18 Å². The molecular formula is C20H12BrF3N2O2. The van der Waals surface area contributed by atoms with E-state index in [4.69, 9.17) is 14.7 Å². The Morgan fingerprint density at radius 1 is 1.18 bits per heavy atom. The molecule has 0 atom stereocenters. The van der Waals surface area contributed by atoms with E-state index in [1.807, 2.05) is 0 Å². The van der Waals surface area contributed by atoms with Crippen molar-refractivity contribution in [2.45, 2.75) is 6.18 Å². The second kappa shape index (κ2) is 8.31. The lowest BCUT2D eigenvalue weighted by Crippen LogP contribution is -2.08. The normalized spacial score (nSPS) is 10.9. The van der Waals surface area contributed by atoms with Crippen molar-refractivity contribution in [2.24, 2.45) is 0 Å². The monoisotopic (exact) mass is 448 g/mol. The summed E-state index contributed by atoms with van der Waals surface area (Å²) in [5.41, 5.74) is -0.740. The first kappa shape index (κ1) is 19.7. The standard InChI is InChI=1S/C20H12BrF3N2O2/c21-15-9-8-14(12-25)17(11-15)27-10-4-7-16-18(20(22,23)24)19(28-26-16)13-5-2-1-3-6-13/h1-3,5-6,8-9,11-12,25H,10H2. The van der Waals surface area contributed by atoms with Crippen molar-refractivity contribution in [1.82, 2.24) is 5.16 Å². The highest BCUT2D eigenvalue weighted by Gasteiger charge is 2.40. The van der Waals surface area contributed by atoms with Crippen molar-refractivity contribution < 1.29 is 22.4 Å². The van der Waals surface area contributed by atoms with Gasteiger partial charge in [0.1, 0.15) is 17.9 Å². The van der Waals surface area contributed by atoms with Crippen molar-refractivity contribution in [2.75, 3.05) is 6.61 Å². The van der Waals surface area contributed by atoms with Crippen LogP contribution >= 0.6 is 15.9 Å². The van der Waals surface area contributed by atoms with E-state index in [0.29, 0.717) is 11.3 Å². The lowest BCUT2D eigenvalue weighted by Gasteiger charge is -2.06. The van der Waals surface area contributed by atoms with Crippen LogP contribution in [-0.4, -0.2) is 18.0 Å². The fourth-order valence-corrected chi connectivity index (χ4v) is 2.75. The molecule has 8 heteroatoms. The first-order valence-electron chi connectivity index (χ1n) is 7.94. The third kappa shape index (κ3) is 4.43. The van der Waals surface area contributed by atoms with Gasteiger partial charge in [-0.2, -0.15) is 13.2 Å². The summed E-state index contributed by atoms with van der Waals surface area (Å²) < 4.78 is 51.7. The molecule has 0 saturated carbocycles. The molecule has 0 spiro atoms. The summed E-state index contributed by atoms with van der Waals surface area (Å²) in [5, 5.41) is 10.8. The first-order chi connectivity index (χ1) is 13.4. The molecule has 0 unspecified atom stereocenters. The van der Waals surface area contributed by atoms with Crippen molar-refractivity contribution in [3.63, 3.8) is 0 Å². The lowest BCUT2D eigenvalue weighted by atomic mass is 10.1. The molecule has 1 aromatic heterocycles. The Labute approximate surface area is 166 Å². The second-order valence-electron chi connectivity index (χ2n) is 5.52. The largest absolute Gasteiger partial charge is 0.480 e. The Bertz CT molecular complexity index is 1050. The summed E-state index contributed by atoms with van der Waals surface area (Å²) in [7, 11) is 0. The minimum Gasteiger partial charge on any atom is -0.480 e. The number of hydrogen-bond donors (Lipinski definition) is 1. The predicted octanol–water partition coefficient (Wildman–Crippen LogP) is 5.55. The van der Waals surface area contributed by atoms with Crippen LogP contribution in [0.4, 0.5) is 13.2 Å². The molecule has 0 saturated heterocycles. The zero-order chi connectivity index (χ0) is 20.1. The van der Waals surface area contributed by atoms with E-state index in [2.05, 4.69) is 32.9 Å². The Morgan fingerprint density at radius 2 is 1.93 bits per heavy atom. The Balaban J connectivity index is 1.86. The van der Waals surface area contributed by atoms with Gasteiger partial charge in [-0.3, -0.25) is 0 Å². The van der Waals surface area contributed by atoms with Gasteiger partial charge in [0.05, 0.1) is 0 Å². The van der Waals surface area contributed by atoms with Gasteiger partial charge < -0.3 is 14.7 Å². The maximum absolute atomic E-state index is 13.5. The van der Waals surface area contributed by atoms with Crippen LogP contribution in [0.25, 0.3) is 11.3 Å². The van der Waals surface area contributed by atoms with Gasteiger partial charge in [0.2, 0.25) is 0 Å². The van der Waals surface area contributed by atoms with Gasteiger partial charge in [-0.15, -0.1) is 0 Å². The SMILES string of the molecule is N=Cc1ccc(Br)cc1OCC#Cc1noc(-c2ccccc2)c1C(F)(F)F. The van der Waals surface area contributed by atoms with Crippen molar-refractivity contribution in [3.8, 4) is 28.9 Å². The van der Waals surface area contributed by atoms with E-state index in [0.717, 1.165) is 10.7 Å². The molecule has 0 fully saturated rings. The highest BCUT2D eigenvalue weighted by atomic mass is 79.9. The molecule has 28 heavy (non-hydrogen) atoms. The molecule has 0 bridgehead atoms. The highest BCUT2D eigenvalue weighted by molar-refractivity contribution is 9.10. The van der Waals surface area contributed by atoms with Gasteiger partial charge in [-0.1, -0.05) is 57.3 Å².